The zero-order chi connectivity index (χ0) is 19.7. The lowest BCUT2D eigenvalue weighted by Gasteiger charge is -2.33. The quantitative estimate of drug-likeness (QED) is 0.795. The van der Waals surface area contributed by atoms with Crippen LogP contribution in [0.4, 0.5) is 14.9 Å². The van der Waals surface area contributed by atoms with E-state index in [0.29, 0.717) is 18.9 Å². The van der Waals surface area contributed by atoms with Gasteiger partial charge in [0.2, 0.25) is 5.91 Å². The summed E-state index contributed by atoms with van der Waals surface area (Å²) in [7, 11) is 0. The van der Waals surface area contributed by atoms with Crippen molar-refractivity contribution in [1.82, 2.24) is 9.80 Å². The number of piperidine rings is 1. The average molecular weight is 389 g/mol. The summed E-state index contributed by atoms with van der Waals surface area (Å²) in [6.45, 7) is 6.59. The Hall–Kier alpha value is -2.15. The van der Waals surface area contributed by atoms with Gasteiger partial charge < -0.3 is 19.4 Å². The molecule has 3 heterocycles. The van der Waals surface area contributed by atoms with Crippen LogP contribution in [0.15, 0.2) is 18.2 Å². The number of nitrogens with zero attached hydrogens (tertiary/aromatic N) is 3. The van der Waals surface area contributed by atoms with Crippen molar-refractivity contribution in [2.75, 3.05) is 44.2 Å². The predicted octanol–water partition coefficient (Wildman–Crippen LogP) is 2.66. The zero-order valence-electron chi connectivity index (χ0n) is 16.4. The first kappa shape index (κ1) is 19.2. The molecule has 1 aromatic rings. The molecule has 0 bridgehead atoms. The van der Waals surface area contributed by atoms with Gasteiger partial charge in [0, 0.05) is 38.4 Å². The number of benzene rings is 1. The predicted molar refractivity (Wildman–Crippen MR) is 104 cm³/mol. The molecule has 0 spiro atoms. The van der Waals surface area contributed by atoms with Crippen LogP contribution < -0.4 is 4.90 Å². The maximum Gasteiger partial charge on any atom is 0.409 e. The van der Waals surface area contributed by atoms with Crippen LogP contribution >= 0.6 is 0 Å². The first-order chi connectivity index (χ1) is 13.5. The van der Waals surface area contributed by atoms with Gasteiger partial charge >= 0.3 is 6.09 Å². The summed E-state index contributed by atoms with van der Waals surface area (Å²) in [6, 6.07) is 4.83. The number of ether oxygens (including phenoxy) is 1. The number of carbonyl (C=O) groups excluding carboxylic acids is 2. The standard InChI is InChI=1S/C21H28FN3O3/c1-2-28-21(27)24-9-5-15(6-10-24)13-23-8-7-18(14-23)25-19-4-3-17(22)11-16(19)12-20(25)26/h3-4,11,15,18H,2,5-10,12-14H2,1H3/t18-/m0/s1. The van der Waals surface area contributed by atoms with Crippen LogP contribution in [0.25, 0.3) is 0 Å². The van der Waals surface area contributed by atoms with Gasteiger partial charge in [-0.2, -0.15) is 0 Å². The van der Waals surface area contributed by atoms with Crippen molar-refractivity contribution in [3.8, 4) is 0 Å². The van der Waals surface area contributed by atoms with Gasteiger partial charge in [0.25, 0.3) is 0 Å². The van der Waals surface area contributed by atoms with Gasteiger partial charge in [-0.15, -0.1) is 0 Å². The lowest BCUT2D eigenvalue weighted by molar-refractivity contribution is -0.117. The summed E-state index contributed by atoms with van der Waals surface area (Å²) in [4.78, 5) is 30.5. The van der Waals surface area contributed by atoms with E-state index in [2.05, 4.69) is 4.90 Å². The van der Waals surface area contributed by atoms with Crippen LogP contribution in [-0.4, -0.2) is 67.2 Å². The molecule has 1 atom stereocenters. The second-order valence-electron chi connectivity index (χ2n) is 8.04. The highest BCUT2D eigenvalue weighted by Crippen LogP contribution is 2.34. The van der Waals surface area contributed by atoms with E-state index in [9.17, 15) is 14.0 Å². The Bertz CT molecular complexity index is 748. The number of halogens is 1. The average Bonchev–Trinajstić information content (AvgIpc) is 3.25. The Labute approximate surface area is 165 Å². The summed E-state index contributed by atoms with van der Waals surface area (Å²) >= 11 is 0. The van der Waals surface area contributed by atoms with Crippen LogP contribution in [0, 0.1) is 11.7 Å². The van der Waals surface area contributed by atoms with Crippen molar-refractivity contribution < 1.29 is 18.7 Å². The van der Waals surface area contributed by atoms with Crippen LogP contribution in [0.5, 0.6) is 0 Å². The Morgan fingerprint density at radius 3 is 2.75 bits per heavy atom. The summed E-state index contributed by atoms with van der Waals surface area (Å²) < 4.78 is 18.5. The molecule has 0 N–H and O–H groups in total. The van der Waals surface area contributed by atoms with Crippen molar-refractivity contribution >= 4 is 17.7 Å². The molecule has 152 valence electrons. The number of rotatable bonds is 4. The lowest BCUT2D eigenvalue weighted by Crippen LogP contribution is -2.43. The van der Waals surface area contributed by atoms with E-state index < -0.39 is 0 Å². The fourth-order valence-electron chi connectivity index (χ4n) is 4.78. The number of amides is 2. The van der Waals surface area contributed by atoms with Gasteiger partial charge in [-0.3, -0.25) is 4.79 Å². The third kappa shape index (κ3) is 3.85. The smallest absolute Gasteiger partial charge is 0.409 e. The van der Waals surface area contributed by atoms with E-state index in [-0.39, 0.29) is 23.9 Å². The van der Waals surface area contributed by atoms with Gasteiger partial charge in [-0.25, -0.2) is 9.18 Å². The first-order valence-corrected chi connectivity index (χ1v) is 10.3. The number of anilines is 1. The molecule has 0 aromatic heterocycles. The third-order valence-corrected chi connectivity index (χ3v) is 6.18. The van der Waals surface area contributed by atoms with Crippen LogP contribution in [0.2, 0.25) is 0 Å². The van der Waals surface area contributed by atoms with Crippen molar-refractivity contribution in [2.45, 2.75) is 38.6 Å². The second-order valence-corrected chi connectivity index (χ2v) is 8.04. The molecular formula is C21H28FN3O3. The summed E-state index contributed by atoms with van der Waals surface area (Å²) in [5.41, 5.74) is 1.68. The fourth-order valence-corrected chi connectivity index (χ4v) is 4.78. The molecule has 28 heavy (non-hydrogen) atoms. The van der Waals surface area contributed by atoms with E-state index in [4.69, 9.17) is 4.74 Å². The Balaban J connectivity index is 1.30. The van der Waals surface area contributed by atoms with Gasteiger partial charge in [-0.05, 0) is 55.9 Å². The number of carbonyl (C=O) groups is 2. The van der Waals surface area contributed by atoms with Crippen LogP contribution in [0.3, 0.4) is 0 Å². The molecular weight excluding hydrogens is 361 g/mol. The summed E-state index contributed by atoms with van der Waals surface area (Å²) in [5, 5.41) is 0. The molecule has 0 radical (unpaired) electrons. The molecule has 1 aromatic carbocycles. The van der Waals surface area contributed by atoms with Gasteiger partial charge in [0.1, 0.15) is 5.82 Å². The Kier molecular flexibility index (Phi) is 5.53. The molecule has 2 saturated heterocycles. The molecule has 7 heteroatoms. The topological polar surface area (TPSA) is 53.1 Å². The minimum absolute atomic E-state index is 0.0789. The lowest BCUT2D eigenvalue weighted by atomic mass is 9.96. The fraction of sp³-hybridized carbons (Fsp3) is 0.619. The van der Waals surface area contributed by atoms with Crippen molar-refractivity contribution in [2.24, 2.45) is 5.92 Å². The molecule has 0 saturated carbocycles. The monoisotopic (exact) mass is 389 g/mol. The third-order valence-electron chi connectivity index (χ3n) is 6.18. The van der Waals surface area contributed by atoms with E-state index in [1.165, 1.54) is 12.1 Å². The number of hydrogen-bond donors (Lipinski definition) is 0. The largest absolute Gasteiger partial charge is 0.450 e. The molecule has 0 aliphatic carbocycles. The van der Waals surface area contributed by atoms with Crippen molar-refractivity contribution in [3.63, 3.8) is 0 Å². The van der Waals surface area contributed by atoms with Crippen molar-refractivity contribution in [3.05, 3.63) is 29.6 Å². The first-order valence-electron chi connectivity index (χ1n) is 10.3. The second kappa shape index (κ2) is 8.07. The van der Waals surface area contributed by atoms with Crippen LogP contribution in [-0.2, 0) is 16.0 Å². The van der Waals surface area contributed by atoms with E-state index >= 15 is 0 Å². The molecule has 2 amide bonds. The minimum Gasteiger partial charge on any atom is -0.450 e. The maximum atomic E-state index is 13.5. The molecule has 0 unspecified atom stereocenters. The zero-order valence-corrected chi connectivity index (χ0v) is 16.4. The molecule has 6 nitrogen and oxygen atoms in total. The van der Waals surface area contributed by atoms with Crippen molar-refractivity contribution in [1.29, 1.82) is 0 Å². The maximum absolute atomic E-state index is 13.5. The highest BCUT2D eigenvalue weighted by molar-refractivity contribution is 6.02. The van der Waals surface area contributed by atoms with Gasteiger partial charge in [0.05, 0.1) is 19.1 Å². The van der Waals surface area contributed by atoms with E-state index in [1.807, 2.05) is 11.8 Å². The van der Waals surface area contributed by atoms with Gasteiger partial charge in [-0.1, -0.05) is 0 Å². The number of fused-ring (bicyclic) bond motifs is 1. The van der Waals surface area contributed by atoms with Gasteiger partial charge in [0.15, 0.2) is 0 Å². The van der Waals surface area contributed by atoms with E-state index in [0.717, 1.165) is 63.2 Å². The van der Waals surface area contributed by atoms with Crippen LogP contribution in [0.1, 0.15) is 31.7 Å². The molecule has 2 fully saturated rings. The highest BCUT2D eigenvalue weighted by Gasteiger charge is 2.37. The summed E-state index contributed by atoms with van der Waals surface area (Å²) in [6.07, 6.45) is 3.03. The SMILES string of the molecule is CCOC(=O)N1CCC(CN2CC[C@H](N3C(=O)Cc4cc(F)ccc43)C2)CC1. The normalized spacial score (nSPS) is 23.4. The molecule has 3 aliphatic heterocycles. The molecule has 4 rings (SSSR count). The molecule has 3 aliphatic rings. The Morgan fingerprint density at radius 1 is 1.21 bits per heavy atom. The Morgan fingerprint density at radius 2 is 2.00 bits per heavy atom. The summed E-state index contributed by atoms with van der Waals surface area (Å²) in [5.74, 6) is 0.367. The number of likely N-dealkylation sites (tertiary alicyclic amines) is 2. The van der Waals surface area contributed by atoms with E-state index in [1.54, 1.807) is 11.0 Å². The number of hydrogen-bond acceptors (Lipinski definition) is 4. The minimum atomic E-state index is -0.282. The highest BCUT2D eigenvalue weighted by atomic mass is 19.1.